The quantitative estimate of drug-likeness (QED) is 0.377. The van der Waals surface area contributed by atoms with Crippen molar-refractivity contribution in [3.05, 3.63) is 12.2 Å². The van der Waals surface area contributed by atoms with Crippen LogP contribution in [0.25, 0.3) is 0 Å². The molecule has 0 aromatic rings. The van der Waals surface area contributed by atoms with Gasteiger partial charge in [0.2, 0.25) is 12.3 Å². The molecular formula is C7H10O5S. The zero-order valence-electron chi connectivity index (χ0n) is 7.36. The van der Waals surface area contributed by atoms with Gasteiger partial charge in [-0.3, -0.25) is 8.98 Å². The molecule has 0 radical (unpaired) electrons. The third-order valence-electron chi connectivity index (χ3n) is 1.03. The van der Waals surface area contributed by atoms with Crippen molar-refractivity contribution in [2.75, 3.05) is 14.2 Å². The first-order valence-electron chi connectivity index (χ1n) is 3.28. The van der Waals surface area contributed by atoms with Gasteiger partial charge in [-0.2, -0.15) is 0 Å². The highest BCUT2D eigenvalue weighted by atomic mass is 32.2. The minimum atomic E-state index is -0.626. The molecule has 0 heterocycles. The summed E-state index contributed by atoms with van der Waals surface area (Å²) >= 11 is 0.535. The number of hydrogen-bond donors (Lipinski definition) is 0. The monoisotopic (exact) mass is 206 g/mol. The summed E-state index contributed by atoms with van der Waals surface area (Å²) in [5.41, 5.74) is 0.0456. The lowest BCUT2D eigenvalue weighted by Crippen LogP contribution is -2.09. The van der Waals surface area contributed by atoms with Crippen molar-refractivity contribution in [1.29, 1.82) is 0 Å². The first kappa shape index (κ1) is 12.0. The largest absolute Gasteiger partial charge is 0.466 e. The van der Waals surface area contributed by atoms with Crippen LogP contribution in [0.1, 0.15) is 6.42 Å². The van der Waals surface area contributed by atoms with E-state index in [9.17, 15) is 9.59 Å². The molecule has 0 fully saturated rings. The van der Waals surface area contributed by atoms with Crippen molar-refractivity contribution >= 4 is 24.3 Å². The van der Waals surface area contributed by atoms with E-state index in [1.54, 1.807) is 0 Å². The fraction of sp³-hybridized carbons (Fsp3) is 0.429. The molecule has 0 aromatic heterocycles. The first-order chi connectivity index (χ1) is 6.11. The van der Waals surface area contributed by atoms with Gasteiger partial charge in [0.25, 0.3) is 0 Å². The number of rotatable bonds is 5. The maximum absolute atomic E-state index is 10.8. The maximum atomic E-state index is 10.8. The van der Waals surface area contributed by atoms with E-state index < -0.39 is 11.9 Å². The molecule has 0 bridgehead atoms. The Morgan fingerprint density at radius 2 is 2.00 bits per heavy atom. The van der Waals surface area contributed by atoms with Gasteiger partial charge in [0.15, 0.2) is 0 Å². The molecule has 0 aliphatic rings. The number of methoxy groups -OCH3 is 1. The molecule has 0 aliphatic heterocycles. The topological polar surface area (TPSA) is 61.8 Å². The molecule has 0 saturated heterocycles. The average molecular weight is 206 g/mol. The number of carbonyl (C=O) groups is 2. The predicted octanol–water partition coefficient (Wildman–Crippen LogP) is 0.858. The highest BCUT2D eigenvalue weighted by Crippen LogP contribution is 2.08. The molecule has 5 nitrogen and oxygen atoms in total. The summed E-state index contributed by atoms with van der Waals surface area (Å²) in [6, 6.07) is 0. The van der Waals surface area contributed by atoms with E-state index in [1.165, 1.54) is 14.2 Å². The fourth-order valence-corrected chi connectivity index (χ4v) is 0.695. The molecule has 74 valence electrons. The zero-order chi connectivity index (χ0) is 10.3. The van der Waals surface area contributed by atoms with Crippen LogP contribution in [-0.4, -0.2) is 26.2 Å². The van der Waals surface area contributed by atoms with Gasteiger partial charge in [0, 0.05) is 5.57 Å². The minimum Gasteiger partial charge on any atom is -0.466 e. The number of ether oxygens (including phenoxy) is 1. The Labute approximate surface area is 80.4 Å². The van der Waals surface area contributed by atoms with Gasteiger partial charge in [0.05, 0.1) is 20.6 Å². The van der Waals surface area contributed by atoms with Crippen LogP contribution < -0.4 is 0 Å². The first-order valence-corrected chi connectivity index (χ1v) is 3.94. The predicted molar refractivity (Wildman–Crippen MR) is 46.5 cm³/mol. The van der Waals surface area contributed by atoms with Crippen LogP contribution in [0.4, 0.5) is 0 Å². The van der Waals surface area contributed by atoms with Crippen LogP contribution in [-0.2, 0) is 22.7 Å². The Kier molecular flexibility index (Phi) is 5.99. The van der Waals surface area contributed by atoms with Gasteiger partial charge in [0.1, 0.15) is 0 Å². The van der Waals surface area contributed by atoms with Crippen LogP contribution >= 0.6 is 12.3 Å². The van der Waals surface area contributed by atoms with Gasteiger partial charge < -0.3 is 8.92 Å². The lowest BCUT2D eigenvalue weighted by atomic mass is 10.2. The summed E-state index contributed by atoms with van der Waals surface area (Å²) in [6.45, 7) is 3.35. The van der Waals surface area contributed by atoms with Gasteiger partial charge in [-0.1, -0.05) is 6.58 Å². The molecule has 6 heteroatoms. The molecule has 0 saturated carbocycles. The molecular weight excluding hydrogens is 196 g/mol. The summed E-state index contributed by atoms with van der Waals surface area (Å²) in [6.07, 6.45) is -0.205. The summed E-state index contributed by atoms with van der Waals surface area (Å²) in [4.78, 5) is 21.6. The second-order valence-corrected chi connectivity index (χ2v) is 2.60. The summed E-state index contributed by atoms with van der Waals surface area (Å²) in [7, 11) is 2.57. The summed E-state index contributed by atoms with van der Waals surface area (Å²) in [5, 5.41) is 0. The number of hydrogen-bond acceptors (Lipinski definition) is 6. The second-order valence-electron chi connectivity index (χ2n) is 1.96. The molecule has 0 atom stereocenters. The summed E-state index contributed by atoms with van der Waals surface area (Å²) in [5.74, 6) is -1.23. The Bertz CT molecular complexity index is 213. The maximum Gasteiger partial charge on any atom is 0.333 e. The molecule has 0 spiro atoms. The van der Waals surface area contributed by atoms with Crippen molar-refractivity contribution in [2.24, 2.45) is 0 Å². The van der Waals surface area contributed by atoms with E-state index in [4.69, 9.17) is 0 Å². The van der Waals surface area contributed by atoms with Crippen molar-refractivity contribution in [3.63, 3.8) is 0 Å². The Balaban J connectivity index is 3.78. The third kappa shape index (κ3) is 5.26. The Morgan fingerprint density at radius 1 is 1.38 bits per heavy atom. The SMILES string of the molecule is C=C(CC(=O)OSOC)C(=O)OC. The van der Waals surface area contributed by atoms with E-state index in [0.29, 0.717) is 12.3 Å². The lowest BCUT2D eigenvalue weighted by Gasteiger charge is -2.01. The van der Waals surface area contributed by atoms with Gasteiger partial charge in [-0.15, -0.1) is 0 Å². The van der Waals surface area contributed by atoms with Gasteiger partial charge in [-0.05, 0) is 0 Å². The Morgan fingerprint density at radius 3 is 2.46 bits per heavy atom. The molecule has 0 rings (SSSR count). The zero-order valence-corrected chi connectivity index (χ0v) is 8.18. The average Bonchev–Trinajstić information content (AvgIpc) is 2.13. The van der Waals surface area contributed by atoms with E-state index >= 15 is 0 Å². The van der Waals surface area contributed by atoms with E-state index in [2.05, 4.69) is 19.7 Å². The van der Waals surface area contributed by atoms with Crippen LogP contribution in [0.15, 0.2) is 12.2 Å². The van der Waals surface area contributed by atoms with Crippen molar-refractivity contribution < 1.29 is 22.7 Å². The van der Waals surface area contributed by atoms with E-state index in [0.717, 1.165) is 0 Å². The second kappa shape index (κ2) is 6.50. The van der Waals surface area contributed by atoms with E-state index in [1.807, 2.05) is 0 Å². The molecule has 0 aromatic carbocycles. The minimum absolute atomic E-state index is 0.0456. The molecule has 13 heavy (non-hydrogen) atoms. The highest BCUT2D eigenvalue weighted by molar-refractivity contribution is 7.90. The molecule has 0 aliphatic carbocycles. The smallest absolute Gasteiger partial charge is 0.333 e. The molecule has 0 N–H and O–H groups in total. The van der Waals surface area contributed by atoms with Crippen molar-refractivity contribution in [2.45, 2.75) is 6.42 Å². The third-order valence-corrected chi connectivity index (χ3v) is 1.42. The van der Waals surface area contributed by atoms with Crippen molar-refractivity contribution in [3.8, 4) is 0 Å². The highest BCUT2D eigenvalue weighted by Gasteiger charge is 2.13. The van der Waals surface area contributed by atoms with Crippen LogP contribution in [0.5, 0.6) is 0 Å². The standard InChI is InChI=1S/C7H10O5S/c1-5(7(9)10-2)4-6(8)12-13-11-3/h1,4H2,2-3H3. The number of esters is 1. The Hall–Kier alpha value is -1.01. The molecule has 0 amide bonds. The van der Waals surface area contributed by atoms with Crippen LogP contribution in [0.2, 0.25) is 0 Å². The van der Waals surface area contributed by atoms with Crippen LogP contribution in [0.3, 0.4) is 0 Å². The van der Waals surface area contributed by atoms with Gasteiger partial charge in [-0.25, -0.2) is 4.79 Å². The van der Waals surface area contributed by atoms with Crippen LogP contribution in [0, 0.1) is 0 Å². The van der Waals surface area contributed by atoms with Crippen molar-refractivity contribution in [1.82, 2.24) is 0 Å². The summed E-state index contributed by atoms with van der Waals surface area (Å²) < 4.78 is 13.2. The molecule has 0 unspecified atom stereocenters. The normalized spacial score (nSPS) is 9.08. The fourth-order valence-electron chi connectivity index (χ4n) is 0.492. The van der Waals surface area contributed by atoms with Gasteiger partial charge >= 0.3 is 11.9 Å². The number of carbonyl (C=O) groups excluding carboxylic acids is 2. The lowest BCUT2D eigenvalue weighted by molar-refractivity contribution is -0.139. The van der Waals surface area contributed by atoms with E-state index in [-0.39, 0.29) is 12.0 Å².